The molecular weight excluding hydrogens is 172 g/mol. The second-order valence-electron chi connectivity index (χ2n) is 4.09. The smallest absolute Gasteiger partial charge is 0.0682 e. The zero-order valence-corrected chi connectivity index (χ0v) is 9.38. The van der Waals surface area contributed by atoms with E-state index in [1.54, 1.807) is 0 Å². The summed E-state index contributed by atoms with van der Waals surface area (Å²) in [6, 6.07) is 8.40. The van der Waals surface area contributed by atoms with Crippen molar-refractivity contribution in [3.63, 3.8) is 0 Å². The molecule has 0 unspecified atom stereocenters. The van der Waals surface area contributed by atoms with Crippen LogP contribution in [0.4, 0.5) is 0 Å². The van der Waals surface area contributed by atoms with Gasteiger partial charge in [0.25, 0.3) is 0 Å². The molecule has 0 atom stereocenters. The van der Waals surface area contributed by atoms with Crippen LogP contribution in [0.2, 0.25) is 0 Å². The molecule has 0 aromatic heterocycles. The third kappa shape index (κ3) is 2.85. The van der Waals surface area contributed by atoms with Crippen LogP contribution in [0.25, 0.3) is 0 Å². The topological polar surface area (TPSA) is 20.2 Å². The lowest BCUT2D eigenvalue weighted by Crippen LogP contribution is -2.29. The molecule has 0 saturated carbocycles. The Labute approximate surface area is 86.8 Å². The molecule has 1 aromatic carbocycles. The fourth-order valence-electron chi connectivity index (χ4n) is 1.59. The number of rotatable bonds is 4. The Morgan fingerprint density at radius 2 is 1.57 bits per heavy atom. The van der Waals surface area contributed by atoms with E-state index in [2.05, 4.69) is 31.2 Å². The Balaban J connectivity index is 2.72. The van der Waals surface area contributed by atoms with Crippen LogP contribution in [-0.4, -0.2) is 10.7 Å². The van der Waals surface area contributed by atoms with Crippen molar-refractivity contribution in [3.8, 4) is 0 Å². The zero-order valence-electron chi connectivity index (χ0n) is 9.38. The molecule has 1 N–H and O–H groups in total. The van der Waals surface area contributed by atoms with E-state index in [0.29, 0.717) is 0 Å². The molecule has 0 aliphatic rings. The standard InChI is InChI=1S/C13H20O/c1-4-13(14,5-2)10-12-8-6-11(3)7-9-12/h6-9,14H,4-5,10H2,1-3H3. The second-order valence-corrected chi connectivity index (χ2v) is 4.09. The van der Waals surface area contributed by atoms with Crippen LogP contribution in [0.3, 0.4) is 0 Å². The SMILES string of the molecule is CCC(O)(CC)Cc1ccc(C)cc1. The molecule has 0 spiro atoms. The maximum Gasteiger partial charge on any atom is 0.0682 e. The van der Waals surface area contributed by atoms with Crippen LogP contribution < -0.4 is 0 Å². The monoisotopic (exact) mass is 192 g/mol. The lowest BCUT2D eigenvalue weighted by atomic mass is 9.89. The van der Waals surface area contributed by atoms with Gasteiger partial charge in [-0.15, -0.1) is 0 Å². The largest absolute Gasteiger partial charge is 0.390 e. The third-order valence-electron chi connectivity index (χ3n) is 2.97. The van der Waals surface area contributed by atoms with Crippen LogP contribution >= 0.6 is 0 Å². The molecule has 1 nitrogen and oxygen atoms in total. The molecule has 0 aliphatic carbocycles. The van der Waals surface area contributed by atoms with Crippen LogP contribution in [0, 0.1) is 6.92 Å². The van der Waals surface area contributed by atoms with Gasteiger partial charge >= 0.3 is 0 Å². The number of hydrogen-bond donors (Lipinski definition) is 1. The lowest BCUT2D eigenvalue weighted by Gasteiger charge is -2.25. The predicted molar refractivity (Wildman–Crippen MR) is 60.4 cm³/mol. The molecule has 0 aliphatic heterocycles. The van der Waals surface area contributed by atoms with Gasteiger partial charge in [0.15, 0.2) is 0 Å². The summed E-state index contributed by atoms with van der Waals surface area (Å²) >= 11 is 0. The normalized spacial score (nSPS) is 11.7. The molecule has 0 bridgehead atoms. The molecule has 0 heterocycles. The first-order valence-electron chi connectivity index (χ1n) is 5.37. The van der Waals surface area contributed by atoms with E-state index in [1.807, 2.05) is 13.8 Å². The van der Waals surface area contributed by atoms with Crippen molar-refractivity contribution in [2.45, 2.75) is 45.6 Å². The van der Waals surface area contributed by atoms with E-state index < -0.39 is 5.60 Å². The van der Waals surface area contributed by atoms with Crippen molar-refractivity contribution in [1.82, 2.24) is 0 Å². The molecule has 0 fully saturated rings. The second kappa shape index (κ2) is 4.61. The highest BCUT2D eigenvalue weighted by Gasteiger charge is 2.22. The van der Waals surface area contributed by atoms with Crippen molar-refractivity contribution in [3.05, 3.63) is 35.4 Å². The number of aliphatic hydroxyl groups is 1. The minimum absolute atomic E-state index is 0.519. The summed E-state index contributed by atoms with van der Waals surface area (Å²) in [4.78, 5) is 0. The summed E-state index contributed by atoms with van der Waals surface area (Å²) in [6.45, 7) is 6.16. The molecule has 1 heteroatoms. The zero-order chi connectivity index (χ0) is 10.6. The Morgan fingerprint density at radius 1 is 1.07 bits per heavy atom. The molecule has 1 aromatic rings. The van der Waals surface area contributed by atoms with Crippen LogP contribution in [0.15, 0.2) is 24.3 Å². The summed E-state index contributed by atoms with van der Waals surface area (Å²) in [5.41, 5.74) is 1.97. The van der Waals surface area contributed by atoms with E-state index in [4.69, 9.17) is 0 Å². The molecule has 14 heavy (non-hydrogen) atoms. The predicted octanol–water partition coefficient (Wildman–Crippen LogP) is 3.09. The Bertz CT molecular complexity index is 270. The van der Waals surface area contributed by atoms with E-state index in [9.17, 15) is 5.11 Å². The molecular formula is C13H20O. The minimum Gasteiger partial charge on any atom is -0.390 e. The summed E-state index contributed by atoms with van der Waals surface area (Å²) in [6.07, 6.45) is 2.40. The van der Waals surface area contributed by atoms with Crippen molar-refractivity contribution < 1.29 is 5.11 Å². The Kier molecular flexibility index (Phi) is 3.70. The van der Waals surface area contributed by atoms with Gasteiger partial charge in [-0.2, -0.15) is 0 Å². The van der Waals surface area contributed by atoms with Crippen molar-refractivity contribution in [2.24, 2.45) is 0 Å². The first kappa shape index (κ1) is 11.3. The maximum absolute atomic E-state index is 10.2. The molecule has 1 rings (SSSR count). The number of aryl methyl sites for hydroxylation is 1. The van der Waals surface area contributed by atoms with Gasteiger partial charge in [-0.3, -0.25) is 0 Å². The van der Waals surface area contributed by atoms with E-state index in [0.717, 1.165) is 19.3 Å². The summed E-state index contributed by atoms with van der Waals surface area (Å²) in [5, 5.41) is 10.2. The number of benzene rings is 1. The first-order valence-corrected chi connectivity index (χ1v) is 5.37. The fraction of sp³-hybridized carbons (Fsp3) is 0.538. The first-order chi connectivity index (χ1) is 6.59. The van der Waals surface area contributed by atoms with Gasteiger partial charge in [0.2, 0.25) is 0 Å². The fourth-order valence-corrected chi connectivity index (χ4v) is 1.59. The van der Waals surface area contributed by atoms with Crippen LogP contribution in [0.5, 0.6) is 0 Å². The maximum atomic E-state index is 10.2. The highest BCUT2D eigenvalue weighted by molar-refractivity contribution is 5.22. The van der Waals surface area contributed by atoms with Gasteiger partial charge in [-0.05, 0) is 25.3 Å². The van der Waals surface area contributed by atoms with Gasteiger partial charge in [0.1, 0.15) is 0 Å². The third-order valence-corrected chi connectivity index (χ3v) is 2.97. The van der Waals surface area contributed by atoms with E-state index in [1.165, 1.54) is 11.1 Å². The lowest BCUT2D eigenvalue weighted by molar-refractivity contribution is 0.0326. The van der Waals surface area contributed by atoms with Gasteiger partial charge in [0, 0.05) is 6.42 Å². The van der Waals surface area contributed by atoms with Crippen molar-refractivity contribution >= 4 is 0 Å². The van der Waals surface area contributed by atoms with Gasteiger partial charge < -0.3 is 5.11 Å². The molecule has 0 amide bonds. The van der Waals surface area contributed by atoms with Crippen molar-refractivity contribution in [1.29, 1.82) is 0 Å². The molecule has 0 saturated heterocycles. The molecule has 78 valence electrons. The Morgan fingerprint density at radius 3 is 2.00 bits per heavy atom. The van der Waals surface area contributed by atoms with Gasteiger partial charge in [-0.1, -0.05) is 43.7 Å². The highest BCUT2D eigenvalue weighted by Crippen LogP contribution is 2.20. The summed E-state index contributed by atoms with van der Waals surface area (Å²) in [5.74, 6) is 0. The van der Waals surface area contributed by atoms with Gasteiger partial charge in [-0.25, -0.2) is 0 Å². The van der Waals surface area contributed by atoms with Crippen LogP contribution in [-0.2, 0) is 6.42 Å². The van der Waals surface area contributed by atoms with E-state index >= 15 is 0 Å². The molecule has 0 radical (unpaired) electrons. The summed E-state index contributed by atoms with van der Waals surface area (Å²) in [7, 11) is 0. The van der Waals surface area contributed by atoms with Crippen LogP contribution in [0.1, 0.15) is 37.8 Å². The van der Waals surface area contributed by atoms with E-state index in [-0.39, 0.29) is 0 Å². The minimum atomic E-state index is -0.519. The summed E-state index contributed by atoms with van der Waals surface area (Å²) < 4.78 is 0. The highest BCUT2D eigenvalue weighted by atomic mass is 16.3. The van der Waals surface area contributed by atoms with Crippen molar-refractivity contribution in [2.75, 3.05) is 0 Å². The van der Waals surface area contributed by atoms with Gasteiger partial charge in [0.05, 0.1) is 5.60 Å². The number of hydrogen-bond acceptors (Lipinski definition) is 1. The average Bonchev–Trinajstić information content (AvgIpc) is 2.21. The Hall–Kier alpha value is -0.820. The quantitative estimate of drug-likeness (QED) is 0.777. The average molecular weight is 192 g/mol.